The van der Waals surface area contributed by atoms with Crippen molar-refractivity contribution in [3.63, 3.8) is 0 Å². The van der Waals surface area contributed by atoms with E-state index in [9.17, 15) is 0 Å². The van der Waals surface area contributed by atoms with Gasteiger partial charge in [-0.2, -0.15) is 0 Å². The summed E-state index contributed by atoms with van der Waals surface area (Å²) in [6, 6.07) is 8.31. The standard InChI is InChI=1S/C16H25NO/c1-11-4-7-16(10-12(11)2)18-15-8-5-14(6-9-15)13(3)17/h5-6,8-9,11-13,16H,4,7,10,17H2,1-3H3/t11?,12?,13-,16?/m1/s1. The van der Waals surface area contributed by atoms with E-state index in [1.54, 1.807) is 0 Å². The van der Waals surface area contributed by atoms with Crippen molar-refractivity contribution >= 4 is 0 Å². The molecule has 1 aromatic carbocycles. The molecule has 1 saturated carbocycles. The lowest BCUT2D eigenvalue weighted by Gasteiger charge is -2.32. The van der Waals surface area contributed by atoms with Gasteiger partial charge in [-0.1, -0.05) is 26.0 Å². The Labute approximate surface area is 111 Å². The molecular formula is C16H25NO. The van der Waals surface area contributed by atoms with Gasteiger partial charge in [0.1, 0.15) is 5.75 Å². The number of ether oxygens (including phenoxy) is 1. The second kappa shape index (κ2) is 5.75. The van der Waals surface area contributed by atoms with Gasteiger partial charge in [-0.15, -0.1) is 0 Å². The molecule has 1 aromatic rings. The molecule has 1 aliphatic rings. The van der Waals surface area contributed by atoms with Gasteiger partial charge < -0.3 is 10.5 Å². The van der Waals surface area contributed by atoms with Gasteiger partial charge in [-0.3, -0.25) is 0 Å². The van der Waals surface area contributed by atoms with E-state index in [1.165, 1.54) is 19.3 Å². The third kappa shape index (κ3) is 3.26. The van der Waals surface area contributed by atoms with Gasteiger partial charge in [0.25, 0.3) is 0 Å². The smallest absolute Gasteiger partial charge is 0.119 e. The van der Waals surface area contributed by atoms with Crippen molar-refractivity contribution in [1.29, 1.82) is 0 Å². The Morgan fingerprint density at radius 2 is 1.78 bits per heavy atom. The third-order valence-electron chi connectivity index (χ3n) is 4.26. The van der Waals surface area contributed by atoms with Crippen LogP contribution in [0.25, 0.3) is 0 Å². The highest BCUT2D eigenvalue weighted by Crippen LogP contribution is 2.31. The summed E-state index contributed by atoms with van der Waals surface area (Å²) in [5.74, 6) is 2.59. The summed E-state index contributed by atoms with van der Waals surface area (Å²) in [4.78, 5) is 0. The Hall–Kier alpha value is -1.02. The monoisotopic (exact) mass is 247 g/mol. The first kappa shape index (κ1) is 13.4. The van der Waals surface area contributed by atoms with Crippen LogP contribution in [0.2, 0.25) is 0 Å². The van der Waals surface area contributed by atoms with Crippen LogP contribution in [0.15, 0.2) is 24.3 Å². The van der Waals surface area contributed by atoms with Crippen LogP contribution < -0.4 is 10.5 Å². The molecule has 4 atom stereocenters. The molecule has 0 radical (unpaired) electrons. The minimum atomic E-state index is 0.0922. The van der Waals surface area contributed by atoms with Crippen LogP contribution in [0.1, 0.15) is 51.6 Å². The summed E-state index contributed by atoms with van der Waals surface area (Å²) < 4.78 is 6.07. The van der Waals surface area contributed by atoms with Crippen molar-refractivity contribution in [3.8, 4) is 5.75 Å². The summed E-state index contributed by atoms with van der Waals surface area (Å²) in [6.07, 6.45) is 4.03. The molecule has 2 heteroatoms. The van der Waals surface area contributed by atoms with Crippen LogP contribution in [-0.2, 0) is 0 Å². The Kier molecular flexibility index (Phi) is 4.28. The fourth-order valence-corrected chi connectivity index (χ4v) is 2.65. The molecule has 0 saturated heterocycles. The summed E-state index contributed by atoms with van der Waals surface area (Å²) >= 11 is 0. The maximum Gasteiger partial charge on any atom is 0.119 e. The van der Waals surface area contributed by atoms with Crippen molar-refractivity contribution in [2.45, 2.75) is 52.2 Å². The molecule has 0 heterocycles. The van der Waals surface area contributed by atoms with Crippen molar-refractivity contribution in [2.24, 2.45) is 17.6 Å². The van der Waals surface area contributed by atoms with Gasteiger partial charge in [0, 0.05) is 6.04 Å². The van der Waals surface area contributed by atoms with Crippen LogP contribution in [-0.4, -0.2) is 6.10 Å². The third-order valence-corrected chi connectivity index (χ3v) is 4.26. The van der Waals surface area contributed by atoms with E-state index in [0.29, 0.717) is 6.10 Å². The van der Waals surface area contributed by atoms with Gasteiger partial charge in [0.2, 0.25) is 0 Å². The average molecular weight is 247 g/mol. The first-order valence-electron chi connectivity index (χ1n) is 7.08. The summed E-state index contributed by atoms with van der Waals surface area (Å²) in [6.45, 7) is 6.68. The molecule has 18 heavy (non-hydrogen) atoms. The quantitative estimate of drug-likeness (QED) is 0.879. The van der Waals surface area contributed by atoms with Crippen molar-refractivity contribution in [1.82, 2.24) is 0 Å². The van der Waals surface area contributed by atoms with Crippen LogP contribution >= 0.6 is 0 Å². The number of hydrogen-bond acceptors (Lipinski definition) is 2. The zero-order valence-corrected chi connectivity index (χ0v) is 11.7. The molecule has 2 rings (SSSR count). The number of hydrogen-bond donors (Lipinski definition) is 1. The molecule has 100 valence electrons. The summed E-state index contributed by atoms with van der Waals surface area (Å²) in [7, 11) is 0. The second-order valence-electron chi connectivity index (χ2n) is 5.87. The van der Waals surface area contributed by atoms with Crippen molar-refractivity contribution < 1.29 is 4.74 Å². The molecular weight excluding hydrogens is 222 g/mol. The number of benzene rings is 1. The fraction of sp³-hybridized carbons (Fsp3) is 0.625. The Balaban J connectivity index is 1.93. The van der Waals surface area contributed by atoms with E-state index in [4.69, 9.17) is 10.5 Å². The highest BCUT2D eigenvalue weighted by Gasteiger charge is 2.25. The van der Waals surface area contributed by atoms with Crippen LogP contribution in [0.5, 0.6) is 5.75 Å². The van der Waals surface area contributed by atoms with E-state index in [-0.39, 0.29) is 6.04 Å². The van der Waals surface area contributed by atoms with E-state index >= 15 is 0 Å². The molecule has 0 aromatic heterocycles. The summed E-state index contributed by atoms with van der Waals surface area (Å²) in [5.41, 5.74) is 7.00. The second-order valence-corrected chi connectivity index (χ2v) is 5.87. The van der Waals surface area contributed by atoms with Gasteiger partial charge >= 0.3 is 0 Å². The predicted molar refractivity (Wildman–Crippen MR) is 75.6 cm³/mol. The Morgan fingerprint density at radius 3 is 2.33 bits per heavy atom. The minimum Gasteiger partial charge on any atom is -0.490 e. The highest BCUT2D eigenvalue weighted by atomic mass is 16.5. The molecule has 0 amide bonds. The topological polar surface area (TPSA) is 35.2 Å². The van der Waals surface area contributed by atoms with E-state index in [0.717, 1.165) is 23.1 Å². The molecule has 3 unspecified atom stereocenters. The van der Waals surface area contributed by atoms with Crippen LogP contribution in [0.4, 0.5) is 0 Å². The summed E-state index contributed by atoms with van der Waals surface area (Å²) in [5, 5.41) is 0. The van der Waals surface area contributed by atoms with Crippen molar-refractivity contribution in [3.05, 3.63) is 29.8 Å². The number of nitrogens with two attached hydrogens (primary N) is 1. The molecule has 1 fully saturated rings. The fourth-order valence-electron chi connectivity index (χ4n) is 2.65. The van der Waals surface area contributed by atoms with E-state index in [1.807, 2.05) is 19.1 Å². The molecule has 0 bridgehead atoms. The van der Waals surface area contributed by atoms with Gasteiger partial charge in [0.05, 0.1) is 6.10 Å². The predicted octanol–water partition coefficient (Wildman–Crippen LogP) is 3.91. The lowest BCUT2D eigenvalue weighted by Crippen LogP contribution is -2.28. The average Bonchev–Trinajstić information content (AvgIpc) is 2.34. The van der Waals surface area contributed by atoms with Crippen LogP contribution in [0.3, 0.4) is 0 Å². The lowest BCUT2D eigenvalue weighted by atomic mass is 9.80. The molecule has 2 N–H and O–H groups in total. The van der Waals surface area contributed by atoms with Crippen molar-refractivity contribution in [2.75, 3.05) is 0 Å². The van der Waals surface area contributed by atoms with Gasteiger partial charge in [0.15, 0.2) is 0 Å². The normalized spacial score (nSPS) is 29.9. The van der Waals surface area contributed by atoms with E-state index < -0.39 is 0 Å². The molecule has 2 nitrogen and oxygen atoms in total. The van der Waals surface area contributed by atoms with Crippen LogP contribution in [0, 0.1) is 11.8 Å². The lowest BCUT2D eigenvalue weighted by molar-refractivity contribution is 0.101. The Morgan fingerprint density at radius 1 is 1.11 bits per heavy atom. The zero-order chi connectivity index (χ0) is 13.1. The maximum atomic E-state index is 6.07. The SMILES string of the molecule is CC1CCC(Oc2ccc([C@@H](C)N)cc2)CC1C. The van der Waals surface area contributed by atoms with E-state index in [2.05, 4.69) is 26.0 Å². The molecule has 0 aliphatic heterocycles. The Bertz CT molecular complexity index is 371. The highest BCUT2D eigenvalue weighted by molar-refractivity contribution is 5.28. The van der Waals surface area contributed by atoms with Gasteiger partial charge in [-0.25, -0.2) is 0 Å². The number of rotatable bonds is 3. The maximum absolute atomic E-state index is 6.07. The largest absolute Gasteiger partial charge is 0.490 e. The first-order valence-corrected chi connectivity index (χ1v) is 7.08. The minimum absolute atomic E-state index is 0.0922. The molecule has 1 aliphatic carbocycles. The molecule has 0 spiro atoms. The van der Waals surface area contributed by atoms with Gasteiger partial charge in [-0.05, 0) is 55.7 Å². The zero-order valence-electron chi connectivity index (χ0n) is 11.7. The first-order chi connectivity index (χ1) is 8.56.